The van der Waals surface area contributed by atoms with E-state index in [1.165, 1.54) is 24.8 Å². The van der Waals surface area contributed by atoms with Crippen molar-refractivity contribution in [2.75, 3.05) is 54.4 Å². The van der Waals surface area contributed by atoms with E-state index >= 15 is 0 Å². The number of benzene rings is 2. The second-order valence-corrected chi connectivity index (χ2v) is 13.7. The van der Waals surface area contributed by atoms with Gasteiger partial charge in [0.05, 0.1) is 24.9 Å². The van der Waals surface area contributed by atoms with Gasteiger partial charge in [0, 0.05) is 55.3 Å². The predicted molar refractivity (Wildman–Crippen MR) is 182 cm³/mol. The number of fused-ring (bicyclic) bond motifs is 5. The van der Waals surface area contributed by atoms with E-state index < -0.39 is 5.60 Å². The Kier molecular flexibility index (Phi) is 10.0. The summed E-state index contributed by atoms with van der Waals surface area (Å²) in [5.41, 5.74) is 6.13. The highest BCUT2D eigenvalue weighted by Gasteiger charge is 2.31. The molecule has 8 nitrogen and oxygen atoms in total. The van der Waals surface area contributed by atoms with E-state index in [1.54, 1.807) is 7.11 Å². The lowest BCUT2D eigenvalue weighted by molar-refractivity contribution is -0.126. The Hall–Kier alpha value is -3.62. The molecule has 0 unspecified atom stereocenters. The van der Waals surface area contributed by atoms with E-state index in [4.69, 9.17) is 9.47 Å². The van der Waals surface area contributed by atoms with Gasteiger partial charge in [-0.05, 0) is 101 Å². The minimum absolute atomic E-state index is 0.00278. The molecule has 1 N–H and O–H groups in total. The molecule has 1 amide bonds. The van der Waals surface area contributed by atoms with Crippen molar-refractivity contribution in [3.63, 3.8) is 0 Å². The molecule has 242 valence electrons. The van der Waals surface area contributed by atoms with Gasteiger partial charge in [-0.3, -0.25) is 4.79 Å². The number of hydrogen-bond acceptors (Lipinski definition) is 6. The molecule has 0 bridgehead atoms. The summed E-state index contributed by atoms with van der Waals surface area (Å²) < 4.78 is 13.7. The average molecular weight is 615 g/mol. The summed E-state index contributed by atoms with van der Waals surface area (Å²) in [6, 6.07) is 12.1. The number of nitrogens with zero attached hydrogens (tertiary/aromatic N) is 3. The molecule has 45 heavy (non-hydrogen) atoms. The first-order valence-electron chi connectivity index (χ1n) is 16.4. The van der Waals surface area contributed by atoms with Gasteiger partial charge in [0.15, 0.2) is 0 Å². The van der Waals surface area contributed by atoms with Crippen LogP contribution in [0, 0.1) is 0 Å². The zero-order valence-corrected chi connectivity index (χ0v) is 28.2. The lowest BCUT2D eigenvalue weighted by atomic mass is 9.81. The van der Waals surface area contributed by atoms with Crippen molar-refractivity contribution in [1.29, 1.82) is 0 Å². The fourth-order valence-electron chi connectivity index (χ4n) is 6.72. The molecule has 1 aliphatic carbocycles. The molecule has 2 aliphatic rings. The van der Waals surface area contributed by atoms with Crippen LogP contribution in [0.4, 0.5) is 0 Å². The molecular formula is C37H50N4O4. The third-order valence-corrected chi connectivity index (χ3v) is 9.11. The van der Waals surface area contributed by atoms with Crippen molar-refractivity contribution in [2.24, 2.45) is 0 Å². The van der Waals surface area contributed by atoms with E-state index in [0.717, 1.165) is 65.9 Å². The Morgan fingerprint density at radius 2 is 1.76 bits per heavy atom. The van der Waals surface area contributed by atoms with Gasteiger partial charge >= 0.3 is 5.97 Å². The molecule has 2 aromatic carbocycles. The molecule has 1 saturated carbocycles. The van der Waals surface area contributed by atoms with Crippen LogP contribution in [0.3, 0.4) is 0 Å². The summed E-state index contributed by atoms with van der Waals surface area (Å²) in [5, 5.41) is 4.34. The summed E-state index contributed by atoms with van der Waals surface area (Å²) in [6.45, 7) is 9.28. The standard InChI is InChI=1S/C37H50N4O4/c1-37(2,3)45-36(43)26-13-15-31-32(23-26)41-24-28(35(42)40(6)20-19-39(5)18-17-38-4)21-27-22-29(44-7)14-16-30(27)34(41)33(31)25-11-9-8-10-12-25/h13-16,21-23,25,38H,8-12,17-20,24H2,1-7H3. The van der Waals surface area contributed by atoms with Crippen LogP contribution in [0.25, 0.3) is 28.2 Å². The molecule has 0 radical (unpaired) electrons. The Labute approximate surface area is 268 Å². The average Bonchev–Trinajstić information content (AvgIpc) is 3.23. The van der Waals surface area contributed by atoms with Crippen LogP contribution in [-0.2, 0) is 16.1 Å². The van der Waals surface area contributed by atoms with Crippen LogP contribution in [-0.4, -0.2) is 86.3 Å². The van der Waals surface area contributed by atoms with E-state index in [-0.39, 0.29) is 11.9 Å². The maximum atomic E-state index is 14.1. The molecule has 0 spiro atoms. The number of rotatable bonds is 10. The summed E-state index contributed by atoms with van der Waals surface area (Å²) in [6.07, 6.45) is 7.98. The first kappa shape index (κ1) is 32.8. The van der Waals surface area contributed by atoms with Gasteiger partial charge in [-0.2, -0.15) is 0 Å². The van der Waals surface area contributed by atoms with Gasteiger partial charge in [0.1, 0.15) is 11.4 Å². The zero-order chi connectivity index (χ0) is 32.3. The molecule has 2 heterocycles. The van der Waals surface area contributed by atoms with Crippen molar-refractivity contribution in [1.82, 2.24) is 19.7 Å². The fraction of sp³-hybridized carbons (Fsp3) is 0.514. The number of nitrogens with one attached hydrogen (secondary N) is 1. The van der Waals surface area contributed by atoms with Crippen LogP contribution in [0.1, 0.15) is 80.3 Å². The number of ether oxygens (including phenoxy) is 2. The van der Waals surface area contributed by atoms with Crippen molar-refractivity contribution in [2.45, 2.75) is 70.9 Å². The molecular weight excluding hydrogens is 564 g/mol. The normalized spacial score (nSPS) is 15.3. The smallest absolute Gasteiger partial charge is 0.338 e. The molecule has 3 aromatic rings. The van der Waals surface area contributed by atoms with Gasteiger partial charge in [0.2, 0.25) is 0 Å². The maximum absolute atomic E-state index is 14.1. The highest BCUT2D eigenvalue weighted by atomic mass is 16.6. The number of methoxy groups -OCH3 is 1. The molecule has 0 saturated heterocycles. The van der Waals surface area contributed by atoms with Gasteiger partial charge in [-0.1, -0.05) is 25.3 Å². The second kappa shape index (κ2) is 13.8. The number of carbonyl (C=O) groups excluding carboxylic acids is 2. The molecule has 1 fully saturated rings. The molecule has 8 heteroatoms. The van der Waals surface area contributed by atoms with Crippen LogP contribution >= 0.6 is 0 Å². The summed E-state index contributed by atoms with van der Waals surface area (Å²) >= 11 is 0. The lowest BCUT2D eigenvalue weighted by Gasteiger charge is -2.24. The topological polar surface area (TPSA) is 76.0 Å². The molecule has 1 aromatic heterocycles. The highest BCUT2D eigenvalue weighted by molar-refractivity contribution is 6.03. The van der Waals surface area contributed by atoms with Crippen molar-refractivity contribution in [3.05, 3.63) is 58.7 Å². The number of likely N-dealkylation sites (N-methyl/N-ethyl adjacent to an activating group) is 3. The Morgan fingerprint density at radius 3 is 2.44 bits per heavy atom. The number of amides is 1. The molecule has 5 rings (SSSR count). The fourth-order valence-corrected chi connectivity index (χ4v) is 6.72. The van der Waals surface area contributed by atoms with Crippen molar-refractivity contribution in [3.8, 4) is 17.0 Å². The van der Waals surface area contributed by atoms with E-state index in [9.17, 15) is 9.59 Å². The lowest BCUT2D eigenvalue weighted by Crippen LogP contribution is -2.37. The van der Waals surface area contributed by atoms with Gasteiger partial charge < -0.3 is 29.2 Å². The Bertz CT molecular complexity index is 1580. The van der Waals surface area contributed by atoms with Crippen LogP contribution in [0.15, 0.2) is 42.0 Å². The maximum Gasteiger partial charge on any atom is 0.338 e. The first-order chi connectivity index (χ1) is 21.5. The van der Waals surface area contributed by atoms with E-state index in [0.29, 0.717) is 30.1 Å². The highest BCUT2D eigenvalue weighted by Crippen LogP contribution is 2.47. The zero-order valence-electron chi connectivity index (χ0n) is 28.2. The molecule has 1 aliphatic heterocycles. The SMILES string of the molecule is CNCCN(C)CCN(C)C(=O)C1=Cc2cc(OC)ccc2-c2c(C3CCCCC3)c3ccc(C(=O)OC(C)(C)C)cc3n2C1. The van der Waals surface area contributed by atoms with Gasteiger partial charge in [-0.15, -0.1) is 0 Å². The minimum Gasteiger partial charge on any atom is -0.497 e. The van der Waals surface area contributed by atoms with Gasteiger partial charge in [0.25, 0.3) is 5.91 Å². The Morgan fingerprint density at radius 1 is 1.00 bits per heavy atom. The second-order valence-electron chi connectivity index (χ2n) is 13.7. The number of hydrogen-bond donors (Lipinski definition) is 1. The van der Waals surface area contributed by atoms with Crippen molar-refractivity contribution < 1.29 is 19.1 Å². The first-order valence-corrected chi connectivity index (χ1v) is 16.4. The summed E-state index contributed by atoms with van der Waals surface area (Å²) in [4.78, 5) is 31.4. The minimum atomic E-state index is -0.596. The summed E-state index contributed by atoms with van der Waals surface area (Å²) in [7, 11) is 7.59. The van der Waals surface area contributed by atoms with Crippen LogP contribution in [0.2, 0.25) is 0 Å². The number of esters is 1. The Balaban J connectivity index is 1.64. The van der Waals surface area contributed by atoms with E-state index in [1.807, 2.05) is 70.1 Å². The quantitative estimate of drug-likeness (QED) is 0.269. The number of aromatic nitrogens is 1. The van der Waals surface area contributed by atoms with Gasteiger partial charge in [-0.25, -0.2) is 4.79 Å². The molecule has 0 atom stereocenters. The largest absolute Gasteiger partial charge is 0.497 e. The third-order valence-electron chi connectivity index (χ3n) is 9.11. The van der Waals surface area contributed by atoms with Crippen LogP contribution < -0.4 is 10.1 Å². The van der Waals surface area contributed by atoms with E-state index in [2.05, 4.69) is 34.0 Å². The third kappa shape index (κ3) is 7.28. The number of carbonyl (C=O) groups is 2. The predicted octanol–water partition coefficient (Wildman–Crippen LogP) is 6.33. The van der Waals surface area contributed by atoms with Crippen LogP contribution in [0.5, 0.6) is 5.75 Å². The van der Waals surface area contributed by atoms with Crippen molar-refractivity contribution >= 4 is 28.9 Å². The summed E-state index contributed by atoms with van der Waals surface area (Å²) in [5.74, 6) is 0.829. The monoisotopic (exact) mass is 614 g/mol.